The molecule has 0 saturated carbocycles. The van der Waals surface area contributed by atoms with Gasteiger partial charge in [0.1, 0.15) is 18.1 Å². The average Bonchev–Trinajstić information content (AvgIpc) is 3.57. The smallest absolute Gasteiger partial charge is 0.254 e. The van der Waals surface area contributed by atoms with E-state index in [4.69, 9.17) is 23.4 Å². The Hall–Kier alpha value is -3.98. The SMILES string of the molecule is COCCN(CC(=O)N(Cc1ccc2c(c1)OCO2)Cc1ccco1)C(=O)c1cccc(OC)c1. The number of hydrogen-bond donors (Lipinski definition) is 0. The van der Waals surface area contributed by atoms with Crippen molar-refractivity contribution in [2.24, 2.45) is 0 Å². The highest BCUT2D eigenvalue weighted by molar-refractivity contribution is 5.96. The van der Waals surface area contributed by atoms with Crippen LogP contribution >= 0.6 is 0 Å². The number of nitrogens with zero attached hydrogens (tertiary/aromatic N) is 2. The normalized spacial score (nSPS) is 11.8. The Balaban J connectivity index is 1.54. The summed E-state index contributed by atoms with van der Waals surface area (Å²) in [5.41, 5.74) is 1.30. The lowest BCUT2D eigenvalue weighted by atomic mass is 10.1. The highest BCUT2D eigenvalue weighted by Gasteiger charge is 2.24. The van der Waals surface area contributed by atoms with Gasteiger partial charge >= 0.3 is 0 Å². The molecule has 4 rings (SSSR count). The molecule has 0 N–H and O–H groups in total. The van der Waals surface area contributed by atoms with Crippen molar-refractivity contribution >= 4 is 11.8 Å². The molecule has 2 aromatic carbocycles. The van der Waals surface area contributed by atoms with Crippen LogP contribution in [-0.4, -0.2) is 62.3 Å². The Morgan fingerprint density at radius 3 is 2.57 bits per heavy atom. The van der Waals surface area contributed by atoms with Gasteiger partial charge in [-0.2, -0.15) is 0 Å². The van der Waals surface area contributed by atoms with E-state index < -0.39 is 0 Å². The molecule has 0 fully saturated rings. The molecule has 9 nitrogen and oxygen atoms in total. The first-order chi connectivity index (χ1) is 17.1. The first-order valence-corrected chi connectivity index (χ1v) is 11.2. The van der Waals surface area contributed by atoms with Crippen LogP contribution < -0.4 is 14.2 Å². The lowest BCUT2D eigenvalue weighted by Gasteiger charge is -2.27. The van der Waals surface area contributed by atoms with Crippen LogP contribution in [0.3, 0.4) is 0 Å². The number of ether oxygens (including phenoxy) is 4. The van der Waals surface area contributed by atoms with Gasteiger partial charge in [-0.05, 0) is 48.0 Å². The fraction of sp³-hybridized carbons (Fsp3) is 0.308. The maximum Gasteiger partial charge on any atom is 0.254 e. The fourth-order valence-electron chi connectivity index (χ4n) is 3.74. The van der Waals surface area contributed by atoms with Crippen LogP contribution in [-0.2, 0) is 22.6 Å². The van der Waals surface area contributed by atoms with Crippen molar-refractivity contribution in [1.29, 1.82) is 0 Å². The van der Waals surface area contributed by atoms with Crippen molar-refractivity contribution < 1.29 is 33.0 Å². The van der Waals surface area contributed by atoms with Crippen LogP contribution in [0.25, 0.3) is 0 Å². The Kier molecular flexibility index (Phi) is 7.89. The van der Waals surface area contributed by atoms with Crippen molar-refractivity contribution in [3.8, 4) is 17.2 Å². The second-order valence-electron chi connectivity index (χ2n) is 7.97. The number of methoxy groups -OCH3 is 2. The van der Waals surface area contributed by atoms with Crippen molar-refractivity contribution in [3.63, 3.8) is 0 Å². The maximum absolute atomic E-state index is 13.5. The molecular formula is C26H28N2O7. The molecule has 0 aliphatic carbocycles. The second-order valence-corrected chi connectivity index (χ2v) is 7.97. The number of fused-ring (bicyclic) bond motifs is 1. The zero-order valence-corrected chi connectivity index (χ0v) is 19.8. The summed E-state index contributed by atoms with van der Waals surface area (Å²) in [4.78, 5) is 29.9. The number of carbonyl (C=O) groups excluding carboxylic acids is 2. The summed E-state index contributed by atoms with van der Waals surface area (Å²) in [6, 6.07) is 16.0. The summed E-state index contributed by atoms with van der Waals surface area (Å²) in [6.07, 6.45) is 1.57. The predicted octanol–water partition coefficient (Wildman–Crippen LogP) is 3.33. The minimum Gasteiger partial charge on any atom is -0.497 e. The topological polar surface area (TPSA) is 90.7 Å². The molecule has 0 radical (unpaired) electrons. The Morgan fingerprint density at radius 2 is 1.80 bits per heavy atom. The zero-order chi connectivity index (χ0) is 24.6. The summed E-state index contributed by atoms with van der Waals surface area (Å²) in [5.74, 6) is 2.01. The highest BCUT2D eigenvalue weighted by Crippen LogP contribution is 2.33. The maximum atomic E-state index is 13.5. The summed E-state index contributed by atoms with van der Waals surface area (Å²) in [5, 5.41) is 0. The Morgan fingerprint density at radius 1 is 0.943 bits per heavy atom. The van der Waals surface area contributed by atoms with E-state index in [0.29, 0.717) is 41.7 Å². The van der Waals surface area contributed by atoms with E-state index in [0.717, 1.165) is 5.56 Å². The van der Waals surface area contributed by atoms with E-state index >= 15 is 0 Å². The van der Waals surface area contributed by atoms with Gasteiger partial charge in [0.15, 0.2) is 11.5 Å². The van der Waals surface area contributed by atoms with Gasteiger partial charge in [0, 0.05) is 25.8 Å². The fourth-order valence-corrected chi connectivity index (χ4v) is 3.74. The molecule has 35 heavy (non-hydrogen) atoms. The molecule has 0 bridgehead atoms. The molecule has 3 aromatic rings. The van der Waals surface area contributed by atoms with Gasteiger partial charge in [0.25, 0.3) is 5.91 Å². The number of rotatable bonds is 11. The monoisotopic (exact) mass is 480 g/mol. The molecule has 184 valence electrons. The van der Waals surface area contributed by atoms with E-state index in [1.165, 1.54) is 4.90 Å². The van der Waals surface area contributed by atoms with Crippen molar-refractivity contribution in [1.82, 2.24) is 9.80 Å². The number of carbonyl (C=O) groups is 2. The molecule has 9 heteroatoms. The quantitative estimate of drug-likeness (QED) is 0.416. The van der Waals surface area contributed by atoms with E-state index in [9.17, 15) is 9.59 Å². The van der Waals surface area contributed by atoms with Crippen LogP contribution in [0.5, 0.6) is 17.2 Å². The Labute approximate surface area is 203 Å². The van der Waals surface area contributed by atoms with Crippen molar-refractivity contribution in [2.75, 3.05) is 40.7 Å². The van der Waals surface area contributed by atoms with Crippen molar-refractivity contribution in [2.45, 2.75) is 13.1 Å². The first kappa shape index (κ1) is 24.2. The van der Waals surface area contributed by atoms with Crippen LogP contribution in [0, 0.1) is 0 Å². The van der Waals surface area contributed by atoms with Crippen LogP contribution in [0.4, 0.5) is 0 Å². The lowest BCUT2D eigenvalue weighted by molar-refractivity contribution is -0.133. The lowest BCUT2D eigenvalue weighted by Crippen LogP contribution is -2.43. The van der Waals surface area contributed by atoms with Crippen molar-refractivity contribution in [3.05, 3.63) is 77.7 Å². The molecule has 1 aliphatic heterocycles. The third-order valence-corrected chi connectivity index (χ3v) is 5.59. The van der Waals surface area contributed by atoms with E-state index in [2.05, 4.69) is 0 Å². The molecule has 1 aromatic heterocycles. The minimum absolute atomic E-state index is 0.120. The molecule has 0 spiro atoms. The summed E-state index contributed by atoms with van der Waals surface area (Å²) >= 11 is 0. The van der Waals surface area contributed by atoms with Crippen LogP contribution in [0.2, 0.25) is 0 Å². The third kappa shape index (κ3) is 6.13. The molecule has 0 saturated heterocycles. The molecule has 2 heterocycles. The van der Waals surface area contributed by atoms with E-state index in [1.54, 1.807) is 55.7 Å². The van der Waals surface area contributed by atoms with Gasteiger partial charge in [-0.3, -0.25) is 9.59 Å². The number of hydrogen-bond acceptors (Lipinski definition) is 7. The average molecular weight is 481 g/mol. The summed E-state index contributed by atoms with van der Waals surface area (Å²) in [6.45, 7) is 1.17. The highest BCUT2D eigenvalue weighted by atomic mass is 16.7. The van der Waals surface area contributed by atoms with Gasteiger partial charge in [-0.25, -0.2) is 0 Å². The predicted molar refractivity (Wildman–Crippen MR) is 126 cm³/mol. The summed E-state index contributed by atoms with van der Waals surface area (Å²) < 4.78 is 26.8. The van der Waals surface area contributed by atoms with Gasteiger partial charge < -0.3 is 33.2 Å². The number of amides is 2. The molecule has 0 unspecified atom stereocenters. The first-order valence-electron chi connectivity index (χ1n) is 11.2. The van der Waals surface area contributed by atoms with Gasteiger partial charge in [-0.1, -0.05) is 12.1 Å². The molecule has 1 aliphatic rings. The van der Waals surface area contributed by atoms with Crippen LogP contribution in [0.1, 0.15) is 21.7 Å². The van der Waals surface area contributed by atoms with E-state index in [-0.39, 0.29) is 38.2 Å². The third-order valence-electron chi connectivity index (χ3n) is 5.59. The standard InChI is InChI=1S/C26H28N2O7/c1-31-12-10-27(26(30)20-5-3-6-21(14-20)32-2)17-25(29)28(16-22-7-4-11-33-22)15-19-8-9-23-24(13-19)35-18-34-23/h3-9,11,13-14H,10,12,15-18H2,1-2H3. The van der Waals surface area contributed by atoms with Gasteiger partial charge in [0.05, 0.1) is 26.5 Å². The molecule has 0 atom stereocenters. The molecular weight excluding hydrogens is 452 g/mol. The zero-order valence-electron chi connectivity index (χ0n) is 19.8. The van der Waals surface area contributed by atoms with Gasteiger partial charge in [-0.15, -0.1) is 0 Å². The Bertz CT molecular complexity index is 1150. The minimum atomic E-state index is -0.282. The van der Waals surface area contributed by atoms with Crippen LogP contribution in [0.15, 0.2) is 65.3 Å². The summed E-state index contributed by atoms with van der Waals surface area (Å²) in [7, 11) is 3.09. The largest absolute Gasteiger partial charge is 0.497 e. The van der Waals surface area contributed by atoms with E-state index in [1.807, 2.05) is 24.3 Å². The second kappa shape index (κ2) is 11.4. The van der Waals surface area contributed by atoms with Gasteiger partial charge in [0.2, 0.25) is 12.7 Å². The number of benzene rings is 2. The number of furan rings is 1. The molecule has 2 amide bonds.